The molecule has 2 rings (SSSR count). The Morgan fingerprint density at radius 3 is 2.67 bits per heavy atom. The molecule has 114 valence electrons. The van der Waals surface area contributed by atoms with Crippen molar-refractivity contribution in [2.24, 2.45) is 5.73 Å². The summed E-state index contributed by atoms with van der Waals surface area (Å²) in [4.78, 5) is 0.782. The Kier molecular flexibility index (Phi) is 5.10. The first-order valence-corrected chi connectivity index (χ1v) is 8.74. The van der Waals surface area contributed by atoms with Gasteiger partial charge in [0.1, 0.15) is 10.7 Å². The van der Waals surface area contributed by atoms with Gasteiger partial charge in [-0.25, -0.2) is 17.1 Å². The molecule has 0 atom stereocenters. The minimum atomic E-state index is -3.83. The van der Waals surface area contributed by atoms with Crippen molar-refractivity contribution in [3.63, 3.8) is 0 Å². The van der Waals surface area contributed by atoms with Crippen LogP contribution in [-0.2, 0) is 23.0 Å². The van der Waals surface area contributed by atoms with E-state index < -0.39 is 15.8 Å². The summed E-state index contributed by atoms with van der Waals surface area (Å²) in [7, 11) is -2.37. The lowest BCUT2D eigenvalue weighted by molar-refractivity contribution is 0.466. The highest BCUT2D eigenvalue weighted by molar-refractivity contribution is 7.89. The number of benzene rings is 1. The maximum absolute atomic E-state index is 13.9. The number of hydrogen-bond acceptors (Lipinski definition) is 4. The van der Waals surface area contributed by atoms with E-state index >= 15 is 0 Å². The van der Waals surface area contributed by atoms with Gasteiger partial charge in [-0.2, -0.15) is 0 Å². The lowest BCUT2D eigenvalue weighted by Gasteiger charge is -2.17. The van der Waals surface area contributed by atoms with Crippen LogP contribution in [0.1, 0.15) is 10.4 Å². The molecule has 0 saturated carbocycles. The summed E-state index contributed by atoms with van der Waals surface area (Å²) in [6.45, 7) is 0.479. The summed E-state index contributed by atoms with van der Waals surface area (Å²) in [6.07, 6.45) is 0.607. The van der Waals surface area contributed by atoms with Crippen LogP contribution in [0.5, 0.6) is 0 Å². The third-order valence-corrected chi connectivity index (χ3v) is 6.00. The van der Waals surface area contributed by atoms with E-state index in [1.165, 1.54) is 29.6 Å². The molecule has 0 saturated heterocycles. The fourth-order valence-corrected chi connectivity index (χ4v) is 3.80. The van der Waals surface area contributed by atoms with Gasteiger partial charge in [0.05, 0.1) is 0 Å². The quantitative estimate of drug-likeness (QED) is 0.884. The van der Waals surface area contributed by atoms with E-state index in [0.29, 0.717) is 18.5 Å². The monoisotopic (exact) mass is 328 g/mol. The number of sulfonamides is 1. The Bertz CT molecular complexity index is 700. The Morgan fingerprint density at radius 1 is 1.33 bits per heavy atom. The number of thiophene rings is 1. The normalized spacial score (nSPS) is 12.0. The van der Waals surface area contributed by atoms with Crippen LogP contribution in [0.3, 0.4) is 0 Å². The zero-order valence-electron chi connectivity index (χ0n) is 11.6. The molecule has 1 heterocycles. The number of nitrogens with two attached hydrogens (primary N) is 1. The van der Waals surface area contributed by atoms with E-state index in [0.717, 1.165) is 4.88 Å². The minimum Gasteiger partial charge on any atom is -0.326 e. The molecule has 0 aliphatic carbocycles. The van der Waals surface area contributed by atoms with E-state index in [-0.39, 0.29) is 11.4 Å². The molecule has 4 nitrogen and oxygen atoms in total. The van der Waals surface area contributed by atoms with Gasteiger partial charge in [-0.3, -0.25) is 0 Å². The van der Waals surface area contributed by atoms with E-state index in [1.807, 2.05) is 17.5 Å². The molecule has 2 N–H and O–H groups in total. The zero-order valence-corrected chi connectivity index (χ0v) is 13.3. The second kappa shape index (κ2) is 6.65. The molecule has 1 aromatic heterocycles. The van der Waals surface area contributed by atoms with Crippen molar-refractivity contribution in [1.82, 2.24) is 4.31 Å². The predicted molar refractivity (Wildman–Crippen MR) is 82.1 cm³/mol. The van der Waals surface area contributed by atoms with Crippen molar-refractivity contribution >= 4 is 21.4 Å². The Hall–Kier alpha value is -1.28. The minimum absolute atomic E-state index is 0.172. The lowest BCUT2D eigenvalue weighted by atomic mass is 10.2. The SMILES string of the molecule is CN(CCc1cccs1)S(=O)(=O)c1ccc(CN)cc1F. The largest absolute Gasteiger partial charge is 0.326 e. The standard InChI is InChI=1S/C14H17FN2O2S2/c1-17(7-6-12-3-2-8-20-12)21(18,19)14-5-4-11(10-16)9-13(14)15/h2-5,8-9H,6-7,10,16H2,1H3. The maximum Gasteiger partial charge on any atom is 0.245 e. The first-order valence-electron chi connectivity index (χ1n) is 6.42. The Labute approximate surface area is 128 Å². The third-order valence-electron chi connectivity index (χ3n) is 3.17. The number of nitrogens with zero attached hydrogens (tertiary/aromatic N) is 1. The van der Waals surface area contributed by atoms with Gasteiger partial charge in [-0.05, 0) is 35.6 Å². The van der Waals surface area contributed by atoms with Gasteiger partial charge < -0.3 is 5.73 Å². The molecule has 1 aromatic carbocycles. The first-order chi connectivity index (χ1) is 9.95. The topological polar surface area (TPSA) is 63.4 Å². The average molecular weight is 328 g/mol. The molecule has 0 fully saturated rings. The van der Waals surface area contributed by atoms with Crippen molar-refractivity contribution in [3.8, 4) is 0 Å². The highest BCUT2D eigenvalue weighted by Gasteiger charge is 2.24. The van der Waals surface area contributed by atoms with Gasteiger partial charge in [0, 0.05) is 25.0 Å². The zero-order chi connectivity index (χ0) is 15.5. The average Bonchev–Trinajstić information content (AvgIpc) is 2.97. The second-order valence-electron chi connectivity index (χ2n) is 4.62. The van der Waals surface area contributed by atoms with Crippen LogP contribution in [0.25, 0.3) is 0 Å². The molecule has 2 aromatic rings. The Balaban J connectivity index is 2.16. The molecule has 21 heavy (non-hydrogen) atoms. The first kappa shape index (κ1) is 16.1. The summed E-state index contributed by atoms with van der Waals surface area (Å²) < 4.78 is 39.9. The maximum atomic E-state index is 13.9. The number of hydrogen-bond donors (Lipinski definition) is 1. The summed E-state index contributed by atoms with van der Waals surface area (Å²) in [5, 5.41) is 1.94. The molecule has 0 amide bonds. The highest BCUT2D eigenvalue weighted by atomic mass is 32.2. The fraction of sp³-hybridized carbons (Fsp3) is 0.286. The van der Waals surface area contributed by atoms with Gasteiger partial charge in [0.2, 0.25) is 10.0 Å². The number of halogens is 1. The van der Waals surface area contributed by atoms with Gasteiger partial charge in [-0.15, -0.1) is 11.3 Å². The van der Waals surface area contributed by atoms with Gasteiger partial charge in [0.15, 0.2) is 0 Å². The molecule has 0 aliphatic rings. The lowest BCUT2D eigenvalue weighted by Crippen LogP contribution is -2.29. The molecule has 0 aliphatic heterocycles. The van der Waals surface area contributed by atoms with Gasteiger partial charge in [-0.1, -0.05) is 12.1 Å². The van der Waals surface area contributed by atoms with Crippen LogP contribution in [0.2, 0.25) is 0 Å². The molecule has 7 heteroatoms. The smallest absolute Gasteiger partial charge is 0.245 e. The number of likely N-dealkylation sites (N-methyl/N-ethyl adjacent to an activating group) is 1. The van der Waals surface area contributed by atoms with Crippen LogP contribution in [0, 0.1) is 5.82 Å². The van der Waals surface area contributed by atoms with E-state index in [4.69, 9.17) is 5.73 Å². The van der Waals surface area contributed by atoms with Crippen LogP contribution in [0.15, 0.2) is 40.6 Å². The van der Waals surface area contributed by atoms with Crippen molar-refractivity contribution in [2.75, 3.05) is 13.6 Å². The fourth-order valence-electron chi connectivity index (χ4n) is 1.89. The van der Waals surface area contributed by atoms with Crippen LogP contribution in [0.4, 0.5) is 4.39 Å². The van der Waals surface area contributed by atoms with Gasteiger partial charge in [0.25, 0.3) is 0 Å². The van der Waals surface area contributed by atoms with Crippen LogP contribution in [-0.4, -0.2) is 26.3 Å². The summed E-state index contributed by atoms with van der Waals surface area (Å²) in [6, 6.07) is 7.83. The Morgan fingerprint density at radius 2 is 2.10 bits per heavy atom. The summed E-state index contributed by atoms with van der Waals surface area (Å²) >= 11 is 1.57. The summed E-state index contributed by atoms with van der Waals surface area (Å²) in [5.74, 6) is -0.763. The number of rotatable bonds is 6. The molecule has 0 spiro atoms. The molecular formula is C14H17FN2O2S2. The van der Waals surface area contributed by atoms with Crippen molar-refractivity contribution in [2.45, 2.75) is 17.9 Å². The molecule has 0 radical (unpaired) electrons. The van der Waals surface area contributed by atoms with E-state index in [1.54, 1.807) is 11.3 Å². The predicted octanol–water partition coefficient (Wildman–Crippen LogP) is 2.21. The highest BCUT2D eigenvalue weighted by Crippen LogP contribution is 2.20. The molecule has 0 unspecified atom stereocenters. The molecular weight excluding hydrogens is 311 g/mol. The second-order valence-corrected chi connectivity index (χ2v) is 7.67. The molecule has 0 bridgehead atoms. The van der Waals surface area contributed by atoms with E-state index in [2.05, 4.69) is 0 Å². The van der Waals surface area contributed by atoms with Crippen LogP contribution < -0.4 is 5.73 Å². The van der Waals surface area contributed by atoms with Crippen molar-refractivity contribution in [1.29, 1.82) is 0 Å². The van der Waals surface area contributed by atoms with Gasteiger partial charge >= 0.3 is 0 Å². The van der Waals surface area contributed by atoms with Crippen LogP contribution >= 0.6 is 11.3 Å². The van der Waals surface area contributed by atoms with Crippen molar-refractivity contribution in [3.05, 3.63) is 52.0 Å². The van der Waals surface area contributed by atoms with Crippen molar-refractivity contribution < 1.29 is 12.8 Å². The third kappa shape index (κ3) is 3.68. The summed E-state index contributed by atoms with van der Waals surface area (Å²) in [5.41, 5.74) is 5.98. The van der Waals surface area contributed by atoms with E-state index in [9.17, 15) is 12.8 Å².